The van der Waals surface area contributed by atoms with Crippen LogP contribution in [-0.4, -0.2) is 63.6 Å². The number of carbonyl (C=O) groups excluding carboxylic acids is 1. The van der Waals surface area contributed by atoms with E-state index in [0.29, 0.717) is 24.3 Å². The molecule has 3 aromatic heterocycles. The quantitative estimate of drug-likeness (QED) is 0.460. The number of aromatic amines is 1. The van der Waals surface area contributed by atoms with Gasteiger partial charge in [-0.2, -0.15) is 9.49 Å². The fourth-order valence-electron chi connectivity index (χ4n) is 4.36. The van der Waals surface area contributed by atoms with Gasteiger partial charge in [0.1, 0.15) is 11.2 Å². The highest BCUT2D eigenvalue weighted by molar-refractivity contribution is 5.92. The van der Waals surface area contributed by atoms with Gasteiger partial charge in [0.05, 0.1) is 22.9 Å². The summed E-state index contributed by atoms with van der Waals surface area (Å²) >= 11 is 0. The number of aromatic nitrogens is 4. The summed E-state index contributed by atoms with van der Waals surface area (Å²) < 4.78 is 16.2. The second-order valence-electron chi connectivity index (χ2n) is 8.24. The Morgan fingerprint density at radius 2 is 1.97 bits per heavy atom. The predicted molar refractivity (Wildman–Crippen MR) is 123 cm³/mol. The summed E-state index contributed by atoms with van der Waals surface area (Å²) in [5.41, 5.74) is 4.41. The molecule has 1 fully saturated rings. The van der Waals surface area contributed by atoms with Gasteiger partial charge < -0.3 is 15.2 Å². The number of piperazine rings is 1. The Bertz CT molecular complexity index is 1420. The molecule has 4 heterocycles. The third-order valence-electron chi connectivity index (χ3n) is 6.11. The molecule has 1 aromatic carbocycles. The first kappa shape index (κ1) is 21.1. The molecule has 5 rings (SSSR count). The van der Waals surface area contributed by atoms with Crippen LogP contribution in [0.4, 0.5) is 10.1 Å². The van der Waals surface area contributed by atoms with Gasteiger partial charge in [-0.1, -0.05) is 6.07 Å². The molecule has 1 amide bonds. The second kappa shape index (κ2) is 8.28. The standard InChI is InChI=1S/C23H24FN7O2/c1-14-12-26-31-18-5-3-15(11-17(18)28-23(33)20(14)31)13-29-7-9-30(10-8-29)19-6-4-16(22(32)25-2)27-21(19)24/h3-6,11-12H,7-10,13H2,1-2H3,(H,25,32)(H,28,33). The van der Waals surface area contributed by atoms with Crippen molar-refractivity contribution in [3.8, 4) is 0 Å². The van der Waals surface area contributed by atoms with Crippen LogP contribution < -0.4 is 15.8 Å². The van der Waals surface area contributed by atoms with E-state index in [1.165, 1.54) is 13.1 Å². The largest absolute Gasteiger partial charge is 0.365 e. The molecule has 0 saturated carbocycles. The summed E-state index contributed by atoms with van der Waals surface area (Å²) in [5, 5.41) is 6.79. The molecule has 0 spiro atoms. The van der Waals surface area contributed by atoms with E-state index >= 15 is 0 Å². The molecule has 1 aliphatic rings. The molecule has 4 aromatic rings. The third-order valence-corrected chi connectivity index (χ3v) is 6.11. The topological polar surface area (TPSA) is 98.6 Å². The zero-order valence-corrected chi connectivity index (χ0v) is 18.4. The Kier molecular flexibility index (Phi) is 5.29. The molecule has 1 saturated heterocycles. The maximum absolute atomic E-state index is 14.5. The van der Waals surface area contributed by atoms with Gasteiger partial charge in [-0.15, -0.1) is 0 Å². The molecule has 33 heavy (non-hydrogen) atoms. The fourth-order valence-corrected chi connectivity index (χ4v) is 4.36. The van der Waals surface area contributed by atoms with Crippen molar-refractivity contribution >= 4 is 28.1 Å². The van der Waals surface area contributed by atoms with Gasteiger partial charge in [-0.25, -0.2) is 9.50 Å². The number of hydrogen-bond acceptors (Lipinski definition) is 6. The summed E-state index contributed by atoms with van der Waals surface area (Å²) in [7, 11) is 1.49. The van der Waals surface area contributed by atoms with Gasteiger partial charge >= 0.3 is 0 Å². The number of fused-ring (bicyclic) bond motifs is 3. The van der Waals surface area contributed by atoms with Gasteiger partial charge in [0, 0.05) is 45.3 Å². The first-order valence-electron chi connectivity index (χ1n) is 10.8. The van der Waals surface area contributed by atoms with E-state index in [4.69, 9.17) is 0 Å². The SMILES string of the molecule is CNC(=O)c1ccc(N2CCN(Cc3ccc4c(c3)[nH]c(=O)c3c(C)cnn34)CC2)c(F)n1. The van der Waals surface area contributed by atoms with Crippen molar-refractivity contribution in [2.75, 3.05) is 38.1 Å². The van der Waals surface area contributed by atoms with E-state index in [9.17, 15) is 14.0 Å². The van der Waals surface area contributed by atoms with Crippen LogP contribution in [0.5, 0.6) is 0 Å². The summed E-state index contributed by atoms with van der Waals surface area (Å²) in [6, 6.07) is 9.16. The van der Waals surface area contributed by atoms with Crippen LogP contribution in [0.15, 0.2) is 41.3 Å². The Hall–Kier alpha value is -3.79. The van der Waals surface area contributed by atoms with Crippen molar-refractivity contribution in [1.82, 2.24) is 29.8 Å². The summed E-state index contributed by atoms with van der Waals surface area (Å²) in [6.07, 6.45) is 1.70. The van der Waals surface area contributed by atoms with Gasteiger partial charge in [0.15, 0.2) is 0 Å². The van der Waals surface area contributed by atoms with E-state index in [2.05, 4.69) is 25.3 Å². The van der Waals surface area contributed by atoms with E-state index < -0.39 is 11.9 Å². The molecular weight excluding hydrogens is 425 g/mol. The average Bonchev–Trinajstić information content (AvgIpc) is 3.21. The van der Waals surface area contributed by atoms with E-state index in [-0.39, 0.29) is 11.3 Å². The third kappa shape index (κ3) is 3.82. The Morgan fingerprint density at radius 1 is 1.18 bits per heavy atom. The van der Waals surface area contributed by atoms with Gasteiger partial charge in [0.2, 0.25) is 5.95 Å². The number of halogens is 1. The highest BCUT2D eigenvalue weighted by atomic mass is 19.1. The van der Waals surface area contributed by atoms with Crippen molar-refractivity contribution in [2.45, 2.75) is 13.5 Å². The van der Waals surface area contributed by atoms with Crippen molar-refractivity contribution in [3.05, 3.63) is 69.7 Å². The van der Waals surface area contributed by atoms with Crippen LogP contribution in [0.25, 0.3) is 16.6 Å². The number of hydrogen-bond donors (Lipinski definition) is 2. The van der Waals surface area contributed by atoms with Gasteiger partial charge in [-0.3, -0.25) is 14.5 Å². The highest BCUT2D eigenvalue weighted by Gasteiger charge is 2.21. The molecule has 0 radical (unpaired) electrons. The second-order valence-corrected chi connectivity index (χ2v) is 8.24. The van der Waals surface area contributed by atoms with Crippen molar-refractivity contribution < 1.29 is 9.18 Å². The van der Waals surface area contributed by atoms with Crippen LogP contribution >= 0.6 is 0 Å². The minimum Gasteiger partial charge on any atom is -0.365 e. The lowest BCUT2D eigenvalue weighted by atomic mass is 10.1. The first-order chi connectivity index (χ1) is 15.9. The predicted octanol–water partition coefficient (Wildman–Crippen LogP) is 1.70. The van der Waals surface area contributed by atoms with Gasteiger partial charge in [0.25, 0.3) is 11.5 Å². The van der Waals surface area contributed by atoms with Crippen LogP contribution in [0.2, 0.25) is 0 Å². The Balaban J connectivity index is 1.29. The smallest absolute Gasteiger partial charge is 0.274 e. The Labute approximate surface area is 188 Å². The molecule has 10 heteroatoms. The summed E-state index contributed by atoms with van der Waals surface area (Å²) in [4.78, 5) is 35.1. The monoisotopic (exact) mass is 449 g/mol. The molecule has 170 valence electrons. The lowest BCUT2D eigenvalue weighted by Gasteiger charge is -2.36. The molecule has 9 nitrogen and oxygen atoms in total. The number of H-pyrrole nitrogens is 1. The molecular formula is C23H24FN7O2. The molecule has 0 unspecified atom stereocenters. The number of rotatable bonds is 4. The molecule has 2 N–H and O–H groups in total. The number of nitrogens with one attached hydrogen (secondary N) is 2. The summed E-state index contributed by atoms with van der Waals surface area (Å²) in [6.45, 7) is 5.39. The van der Waals surface area contributed by atoms with E-state index in [1.54, 1.807) is 16.8 Å². The van der Waals surface area contributed by atoms with Crippen molar-refractivity contribution in [2.24, 2.45) is 0 Å². The minimum absolute atomic E-state index is 0.0641. The number of pyridine rings is 1. The molecule has 1 aliphatic heterocycles. The van der Waals surface area contributed by atoms with Gasteiger partial charge in [-0.05, 0) is 36.8 Å². The average molecular weight is 449 g/mol. The first-order valence-corrected chi connectivity index (χ1v) is 10.8. The van der Waals surface area contributed by atoms with Crippen LogP contribution in [-0.2, 0) is 6.54 Å². The molecule has 0 atom stereocenters. The number of nitrogens with zero attached hydrogens (tertiary/aromatic N) is 5. The number of carbonyl (C=O) groups is 1. The molecule has 0 aliphatic carbocycles. The number of amides is 1. The van der Waals surface area contributed by atoms with Crippen LogP contribution in [0.3, 0.4) is 0 Å². The van der Waals surface area contributed by atoms with Crippen LogP contribution in [0.1, 0.15) is 21.6 Å². The zero-order valence-electron chi connectivity index (χ0n) is 18.4. The number of aryl methyl sites for hydroxylation is 1. The normalized spacial score (nSPS) is 14.8. The minimum atomic E-state index is -0.636. The number of benzene rings is 1. The van der Waals surface area contributed by atoms with Crippen molar-refractivity contribution in [3.63, 3.8) is 0 Å². The zero-order chi connectivity index (χ0) is 23.1. The van der Waals surface area contributed by atoms with Crippen molar-refractivity contribution in [1.29, 1.82) is 0 Å². The summed E-state index contributed by atoms with van der Waals surface area (Å²) in [5.74, 6) is -1.05. The van der Waals surface area contributed by atoms with E-state index in [0.717, 1.165) is 41.8 Å². The maximum atomic E-state index is 14.5. The van der Waals surface area contributed by atoms with Crippen LogP contribution in [0, 0.1) is 12.9 Å². The van der Waals surface area contributed by atoms with E-state index in [1.807, 2.05) is 30.0 Å². The molecule has 0 bridgehead atoms. The highest BCUT2D eigenvalue weighted by Crippen LogP contribution is 2.21. The Morgan fingerprint density at radius 3 is 2.70 bits per heavy atom. The fraction of sp³-hybridized carbons (Fsp3) is 0.304. The number of anilines is 1. The maximum Gasteiger partial charge on any atom is 0.274 e. The lowest BCUT2D eigenvalue weighted by molar-refractivity contribution is 0.0957. The lowest BCUT2D eigenvalue weighted by Crippen LogP contribution is -2.46.